The number of ether oxygens (including phenoxy) is 1. The summed E-state index contributed by atoms with van der Waals surface area (Å²) in [6.07, 6.45) is 5.09. The molecule has 2 aliphatic rings. The summed E-state index contributed by atoms with van der Waals surface area (Å²) >= 11 is 0. The maximum atomic E-state index is 13.1. The van der Waals surface area contributed by atoms with Crippen molar-refractivity contribution in [3.63, 3.8) is 0 Å². The van der Waals surface area contributed by atoms with Gasteiger partial charge in [0, 0.05) is 39.0 Å². The third kappa shape index (κ3) is 7.25. The molecule has 0 aromatic heterocycles. The Morgan fingerprint density at radius 1 is 1.25 bits per heavy atom. The molecule has 3 N–H and O–H groups in total. The molecule has 2 saturated heterocycles. The van der Waals surface area contributed by atoms with Crippen LogP contribution in [-0.4, -0.2) is 88.7 Å². The molecule has 32 heavy (non-hydrogen) atoms. The monoisotopic (exact) mass is 450 g/mol. The summed E-state index contributed by atoms with van der Waals surface area (Å²) in [5.41, 5.74) is -2.45. The lowest BCUT2D eigenvalue weighted by Crippen LogP contribution is -2.66. The molecule has 0 spiro atoms. The maximum Gasteiger partial charge on any atom is 0.320 e. The van der Waals surface area contributed by atoms with Gasteiger partial charge in [0.15, 0.2) is 0 Å². The van der Waals surface area contributed by atoms with Crippen LogP contribution in [0, 0.1) is 0 Å². The fourth-order valence-electron chi connectivity index (χ4n) is 3.63. The largest absolute Gasteiger partial charge is 0.459 e. The van der Waals surface area contributed by atoms with E-state index in [0.717, 1.165) is 0 Å². The number of nitrogens with zero attached hydrogens (tertiary/aromatic N) is 2. The minimum Gasteiger partial charge on any atom is -0.459 e. The number of esters is 1. The van der Waals surface area contributed by atoms with Crippen LogP contribution in [0.3, 0.4) is 0 Å². The lowest BCUT2D eigenvalue weighted by Gasteiger charge is -2.43. The van der Waals surface area contributed by atoms with Crippen LogP contribution >= 0.6 is 0 Å². The molecule has 178 valence electrons. The van der Waals surface area contributed by atoms with Gasteiger partial charge in [-0.2, -0.15) is 0 Å². The first-order valence-corrected chi connectivity index (χ1v) is 10.8. The molecule has 0 aromatic rings. The molecule has 3 amide bonds. The van der Waals surface area contributed by atoms with E-state index in [-0.39, 0.29) is 37.7 Å². The molecule has 2 fully saturated rings. The molecule has 0 bridgehead atoms. The first kappa shape index (κ1) is 25.7. The Balaban J connectivity index is 2.03. The highest BCUT2D eigenvalue weighted by molar-refractivity contribution is 6.02. The summed E-state index contributed by atoms with van der Waals surface area (Å²) in [5, 5.41) is 16.1. The third-order valence-corrected chi connectivity index (χ3v) is 5.25. The molecule has 2 atom stereocenters. The first-order chi connectivity index (χ1) is 14.9. The third-order valence-electron chi connectivity index (χ3n) is 5.25. The second-order valence-electron chi connectivity index (χ2n) is 9.01. The van der Waals surface area contributed by atoms with Gasteiger partial charge in [0.1, 0.15) is 11.6 Å². The molecule has 0 aromatic carbocycles. The van der Waals surface area contributed by atoms with E-state index in [1.807, 2.05) is 4.90 Å². The Morgan fingerprint density at radius 3 is 2.47 bits per heavy atom. The molecule has 0 aliphatic carbocycles. The minimum atomic E-state index is -1.89. The van der Waals surface area contributed by atoms with Gasteiger partial charge in [-0.05, 0) is 27.2 Å². The van der Waals surface area contributed by atoms with E-state index in [0.29, 0.717) is 26.2 Å². The number of piperidine rings is 1. The number of imide groups is 1. The second-order valence-corrected chi connectivity index (χ2v) is 9.01. The zero-order valence-corrected chi connectivity index (χ0v) is 19.1. The van der Waals surface area contributed by atoms with Gasteiger partial charge in [0.2, 0.25) is 17.5 Å². The Morgan fingerprint density at radius 2 is 1.91 bits per heavy atom. The van der Waals surface area contributed by atoms with Crippen LogP contribution in [0.4, 0.5) is 0 Å². The van der Waals surface area contributed by atoms with E-state index in [9.17, 15) is 24.3 Å². The van der Waals surface area contributed by atoms with Gasteiger partial charge < -0.3 is 15.2 Å². The molecule has 2 rings (SSSR count). The van der Waals surface area contributed by atoms with Crippen LogP contribution in [-0.2, 0) is 23.9 Å². The molecular formula is C22H34N4O6. The number of amides is 3. The lowest BCUT2D eigenvalue weighted by atomic mass is 10.0. The van der Waals surface area contributed by atoms with Crippen LogP contribution in [0.2, 0.25) is 0 Å². The number of rotatable bonds is 8. The summed E-state index contributed by atoms with van der Waals surface area (Å²) in [6, 6.07) is -0.886. The molecule has 2 heterocycles. The molecule has 2 aliphatic heterocycles. The number of allylic oxidation sites excluding steroid dienone is 2. The van der Waals surface area contributed by atoms with E-state index in [4.69, 9.17) is 4.74 Å². The van der Waals surface area contributed by atoms with E-state index in [1.165, 1.54) is 6.08 Å². The van der Waals surface area contributed by atoms with Crippen molar-refractivity contribution >= 4 is 23.7 Å². The SMILES string of the molecule is C=C/C=C\CC(O)(C(=O)NC1CCC(=O)NC1=O)N1CCN(CC(=O)OC(C)(C)C)CC1. The van der Waals surface area contributed by atoms with E-state index in [1.54, 1.807) is 37.8 Å². The smallest absolute Gasteiger partial charge is 0.320 e. The van der Waals surface area contributed by atoms with E-state index >= 15 is 0 Å². The predicted molar refractivity (Wildman–Crippen MR) is 117 cm³/mol. The maximum absolute atomic E-state index is 13.1. The number of hydrogen-bond donors (Lipinski definition) is 3. The Hall–Kier alpha value is -2.56. The standard InChI is InChI=1S/C22H34N4O6/c1-5-6-7-10-22(31,20(30)23-16-8-9-17(27)24-19(16)29)26-13-11-25(12-14-26)15-18(28)32-21(2,3)4/h5-7,16,31H,1,8-15H2,2-4H3,(H,23,30)(H,24,27,29)/b7-6-. The van der Waals surface area contributed by atoms with Crippen LogP contribution in [0.1, 0.15) is 40.0 Å². The van der Waals surface area contributed by atoms with Gasteiger partial charge in [-0.15, -0.1) is 0 Å². The van der Waals surface area contributed by atoms with Crippen molar-refractivity contribution in [2.24, 2.45) is 0 Å². The van der Waals surface area contributed by atoms with Gasteiger partial charge in [-0.3, -0.25) is 34.3 Å². The van der Waals surface area contributed by atoms with Crippen molar-refractivity contribution in [2.75, 3.05) is 32.7 Å². The van der Waals surface area contributed by atoms with Gasteiger partial charge in [0.05, 0.1) is 6.54 Å². The fraction of sp³-hybridized carbons (Fsp3) is 0.636. The van der Waals surface area contributed by atoms with Crippen LogP contribution in [0.25, 0.3) is 0 Å². The molecule has 0 radical (unpaired) electrons. The Labute approximate surface area is 188 Å². The average molecular weight is 451 g/mol. The van der Waals surface area contributed by atoms with E-state index < -0.39 is 29.2 Å². The molecular weight excluding hydrogens is 416 g/mol. The molecule has 2 unspecified atom stereocenters. The van der Waals surface area contributed by atoms with Gasteiger partial charge >= 0.3 is 5.97 Å². The zero-order valence-electron chi connectivity index (χ0n) is 19.1. The highest BCUT2D eigenvalue weighted by Gasteiger charge is 2.44. The summed E-state index contributed by atoms with van der Waals surface area (Å²) in [7, 11) is 0. The van der Waals surface area contributed by atoms with Crippen molar-refractivity contribution in [2.45, 2.75) is 57.4 Å². The topological polar surface area (TPSA) is 128 Å². The van der Waals surface area contributed by atoms with Gasteiger partial charge in [-0.25, -0.2) is 0 Å². The van der Waals surface area contributed by atoms with Crippen molar-refractivity contribution < 1.29 is 29.0 Å². The van der Waals surface area contributed by atoms with Crippen molar-refractivity contribution in [3.8, 4) is 0 Å². The number of carbonyl (C=O) groups excluding carboxylic acids is 4. The van der Waals surface area contributed by atoms with Crippen molar-refractivity contribution in [3.05, 3.63) is 24.8 Å². The highest BCUT2D eigenvalue weighted by atomic mass is 16.6. The van der Waals surface area contributed by atoms with Gasteiger partial charge in [-0.1, -0.05) is 24.8 Å². The summed E-state index contributed by atoms with van der Waals surface area (Å²) < 4.78 is 5.35. The number of piperazine rings is 1. The number of hydrogen-bond acceptors (Lipinski definition) is 8. The Kier molecular flexibility index (Phi) is 8.71. The molecule has 10 nitrogen and oxygen atoms in total. The summed E-state index contributed by atoms with van der Waals surface area (Å²) in [4.78, 5) is 52.1. The number of aliphatic hydroxyl groups is 1. The number of nitrogens with one attached hydrogen (secondary N) is 2. The molecule has 0 saturated carbocycles. The van der Waals surface area contributed by atoms with Gasteiger partial charge in [0.25, 0.3) is 5.91 Å². The second kappa shape index (κ2) is 10.8. The quantitative estimate of drug-likeness (QED) is 0.261. The van der Waals surface area contributed by atoms with Crippen LogP contribution in [0.5, 0.6) is 0 Å². The fourth-order valence-corrected chi connectivity index (χ4v) is 3.63. The zero-order chi connectivity index (χ0) is 23.9. The highest BCUT2D eigenvalue weighted by Crippen LogP contribution is 2.22. The normalized spacial score (nSPS) is 22.8. The summed E-state index contributed by atoms with van der Waals surface area (Å²) in [5.74, 6) is -2.00. The average Bonchev–Trinajstić information content (AvgIpc) is 2.69. The first-order valence-electron chi connectivity index (χ1n) is 10.8. The minimum absolute atomic E-state index is 0.00973. The molecule has 10 heteroatoms. The van der Waals surface area contributed by atoms with Crippen LogP contribution in [0.15, 0.2) is 24.8 Å². The van der Waals surface area contributed by atoms with Crippen molar-refractivity contribution in [1.82, 2.24) is 20.4 Å². The van der Waals surface area contributed by atoms with Crippen molar-refractivity contribution in [1.29, 1.82) is 0 Å². The number of carbonyl (C=O) groups is 4. The Bertz CT molecular complexity index is 767. The van der Waals surface area contributed by atoms with E-state index in [2.05, 4.69) is 17.2 Å². The lowest BCUT2D eigenvalue weighted by molar-refractivity contribution is -0.171. The predicted octanol–water partition coefficient (Wildman–Crippen LogP) is -0.312. The van der Waals surface area contributed by atoms with Crippen LogP contribution < -0.4 is 10.6 Å². The summed E-state index contributed by atoms with van der Waals surface area (Å²) in [6.45, 7) is 10.7.